The van der Waals surface area contributed by atoms with Crippen LogP contribution in [0.3, 0.4) is 0 Å². The quantitative estimate of drug-likeness (QED) is 0.731. The first-order chi connectivity index (χ1) is 11.3. The molecule has 0 aromatic carbocycles. The van der Waals surface area contributed by atoms with Crippen LogP contribution in [0.25, 0.3) is 11.4 Å². The van der Waals surface area contributed by atoms with Crippen molar-refractivity contribution < 1.29 is 0 Å². The van der Waals surface area contributed by atoms with E-state index in [1.165, 1.54) is 21.8 Å². The van der Waals surface area contributed by atoms with Crippen LogP contribution in [0.2, 0.25) is 4.47 Å². The highest BCUT2D eigenvalue weighted by molar-refractivity contribution is 7.15. The molecule has 0 amide bonds. The van der Waals surface area contributed by atoms with Gasteiger partial charge in [0.1, 0.15) is 0 Å². The predicted molar refractivity (Wildman–Crippen MR) is 90.2 cm³/mol. The number of hydrogen-bond donors (Lipinski definition) is 0. The third-order valence-corrected chi connectivity index (χ3v) is 4.96. The average Bonchev–Trinajstić information content (AvgIpc) is 3.00. The number of pyridine rings is 1. The fourth-order valence-corrected chi connectivity index (χ4v) is 3.75. The molecule has 0 N–H and O–H groups in total. The molecule has 1 aliphatic heterocycles. The third kappa shape index (κ3) is 3.24. The first-order valence-corrected chi connectivity index (χ1v) is 8.55. The number of nitrogens with zero attached hydrogens (tertiary/aromatic N) is 5. The lowest BCUT2D eigenvalue weighted by atomic mass is 10.1. The molecule has 0 radical (unpaired) electrons. The first kappa shape index (κ1) is 14.7. The monoisotopic (exact) mass is 343 g/mol. The van der Waals surface area contributed by atoms with E-state index in [2.05, 4.69) is 19.9 Å². The molecule has 116 valence electrons. The van der Waals surface area contributed by atoms with Crippen molar-refractivity contribution in [3.05, 3.63) is 57.5 Å². The van der Waals surface area contributed by atoms with Crippen LogP contribution in [-0.4, -0.2) is 31.4 Å². The van der Waals surface area contributed by atoms with E-state index < -0.39 is 0 Å². The Morgan fingerprint density at radius 2 is 2.04 bits per heavy atom. The lowest BCUT2D eigenvalue weighted by molar-refractivity contribution is 0.245. The maximum Gasteiger partial charge on any atom is 0.183 e. The summed E-state index contributed by atoms with van der Waals surface area (Å²) < 4.78 is 0.600. The van der Waals surface area contributed by atoms with Gasteiger partial charge >= 0.3 is 0 Å². The Balaban J connectivity index is 1.52. The van der Waals surface area contributed by atoms with Crippen LogP contribution in [0, 0.1) is 0 Å². The second kappa shape index (κ2) is 6.31. The molecule has 0 saturated heterocycles. The minimum atomic E-state index is 0.600. The van der Waals surface area contributed by atoms with Crippen LogP contribution in [-0.2, 0) is 19.5 Å². The average molecular weight is 344 g/mol. The van der Waals surface area contributed by atoms with Gasteiger partial charge < -0.3 is 0 Å². The molecule has 5 nitrogen and oxygen atoms in total. The lowest BCUT2D eigenvalue weighted by Crippen LogP contribution is -2.30. The Morgan fingerprint density at radius 3 is 2.83 bits per heavy atom. The van der Waals surface area contributed by atoms with E-state index in [9.17, 15) is 0 Å². The zero-order chi connectivity index (χ0) is 15.6. The van der Waals surface area contributed by atoms with Crippen molar-refractivity contribution in [1.29, 1.82) is 0 Å². The molecule has 3 aromatic heterocycles. The molecule has 3 aromatic rings. The summed E-state index contributed by atoms with van der Waals surface area (Å²) >= 11 is 7.44. The Bertz CT molecular complexity index is 820. The first-order valence-electron chi connectivity index (χ1n) is 7.36. The van der Waals surface area contributed by atoms with Gasteiger partial charge in [-0.15, -0.1) is 11.3 Å². The summed E-state index contributed by atoms with van der Waals surface area (Å²) in [6, 6.07) is 3.87. The van der Waals surface area contributed by atoms with Crippen LogP contribution in [0.15, 0.2) is 36.9 Å². The van der Waals surface area contributed by atoms with Gasteiger partial charge in [0.2, 0.25) is 0 Å². The van der Waals surface area contributed by atoms with Gasteiger partial charge in [-0.25, -0.2) is 15.0 Å². The number of rotatable bonds is 3. The van der Waals surface area contributed by atoms with Gasteiger partial charge in [-0.2, -0.15) is 0 Å². The second-order valence-corrected chi connectivity index (χ2v) is 7.14. The van der Waals surface area contributed by atoms with E-state index in [0.29, 0.717) is 4.47 Å². The van der Waals surface area contributed by atoms with Gasteiger partial charge in [0.15, 0.2) is 10.3 Å². The zero-order valence-electron chi connectivity index (χ0n) is 12.3. The highest BCUT2D eigenvalue weighted by Gasteiger charge is 2.19. The fraction of sp³-hybridized carbons (Fsp3) is 0.250. The highest BCUT2D eigenvalue weighted by Crippen LogP contribution is 2.24. The summed E-state index contributed by atoms with van der Waals surface area (Å²) in [4.78, 5) is 20.9. The number of thiazole rings is 1. The molecule has 0 spiro atoms. The van der Waals surface area contributed by atoms with E-state index in [1.54, 1.807) is 12.4 Å². The lowest BCUT2D eigenvalue weighted by Gasteiger charge is -2.27. The van der Waals surface area contributed by atoms with E-state index >= 15 is 0 Å². The molecule has 0 aliphatic carbocycles. The van der Waals surface area contributed by atoms with Crippen LogP contribution in [0.4, 0.5) is 0 Å². The van der Waals surface area contributed by atoms with Crippen molar-refractivity contribution in [1.82, 2.24) is 24.8 Å². The Kier molecular flexibility index (Phi) is 4.03. The molecule has 4 heterocycles. The van der Waals surface area contributed by atoms with Gasteiger partial charge in [-0.3, -0.25) is 9.88 Å². The molecular weight excluding hydrogens is 330 g/mol. The SMILES string of the molecule is Clc1ncc(CN2CCc3nc(-c4ccncc4)ncc3C2)s1. The topological polar surface area (TPSA) is 54.8 Å². The van der Waals surface area contributed by atoms with Crippen LogP contribution >= 0.6 is 22.9 Å². The third-order valence-electron chi connectivity index (χ3n) is 3.86. The maximum atomic E-state index is 5.90. The van der Waals surface area contributed by atoms with Crippen molar-refractivity contribution in [2.24, 2.45) is 0 Å². The molecule has 0 atom stereocenters. The minimum Gasteiger partial charge on any atom is -0.293 e. The smallest absolute Gasteiger partial charge is 0.183 e. The molecular formula is C16H14ClN5S. The molecule has 7 heteroatoms. The van der Waals surface area contributed by atoms with Crippen molar-refractivity contribution in [2.45, 2.75) is 19.5 Å². The van der Waals surface area contributed by atoms with Crippen LogP contribution in [0.5, 0.6) is 0 Å². The van der Waals surface area contributed by atoms with Crippen molar-refractivity contribution in [3.63, 3.8) is 0 Å². The van der Waals surface area contributed by atoms with E-state index in [1.807, 2.05) is 24.5 Å². The summed E-state index contributed by atoms with van der Waals surface area (Å²) in [5, 5.41) is 0. The van der Waals surface area contributed by atoms with Gasteiger partial charge in [0, 0.05) is 66.8 Å². The van der Waals surface area contributed by atoms with E-state index in [-0.39, 0.29) is 0 Å². The van der Waals surface area contributed by atoms with Crippen LogP contribution in [0.1, 0.15) is 16.1 Å². The number of fused-ring (bicyclic) bond motifs is 1. The number of halogens is 1. The zero-order valence-corrected chi connectivity index (χ0v) is 13.9. The molecule has 0 unspecified atom stereocenters. The van der Waals surface area contributed by atoms with E-state index in [0.717, 1.165) is 43.1 Å². The second-order valence-electron chi connectivity index (χ2n) is 5.44. The molecule has 23 heavy (non-hydrogen) atoms. The maximum absolute atomic E-state index is 5.90. The van der Waals surface area contributed by atoms with E-state index in [4.69, 9.17) is 16.6 Å². The molecule has 0 bridgehead atoms. The van der Waals surface area contributed by atoms with Gasteiger partial charge in [0.05, 0.1) is 5.69 Å². The molecule has 4 rings (SSSR count). The summed E-state index contributed by atoms with van der Waals surface area (Å²) in [5.74, 6) is 0.772. The largest absolute Gasteiger partial charge is 0.293 e. The molecule has 1 aliphatic rings. The Hall–Kier alpha value is -1.89. The van der Waals surface area contributed by atoms with Gasteiger partial charge in [-0.1, -0.05) is 11.6 Å². The van der Waals surface area contributed by atoms with Crippen LogP contribution < -0.4 is 0 Å². The van der Waals surface area contributed by atoms with Gasteiger partial charge in [-0.05, 0) is 12.1 Å². The molecule has 0 fully saturated rings. The van der Waals surface area contributed by atoms with Crippen molar-refractivity contribution in [2.75, 3.05) is 6.54 Å². The highest BCUT2D eigenvalue weighted by atomic mass is 35.5. The number of hydrogen-bond acceptors (Lipinski definition) is 6. The minimum absolute atomic E-state index is 0.600. The number of aromatic nitrogens is 4. The summed E-state index contributed by atoms with van der Waals surface area (Å²) in [6.07, 6.45) is 8.26. The molecule has 0 saturated carbocycles. The van der Waals surface area contributed by atoms with Crippen molar-refractivity contribution >= 4 is 22.9 Å². The van der Waals surface area contributed by atoms with Crippen molar-refractivity contribution in [3.8, 4) is 11.4 Å². The summed E-state index contributed by atoms with van der Waals surface area (Å²) in [5.41, 5.74) is 3.35. The van der Waals surface area contributed by atoms with Gasteiger partial charge in [0.25, 0.3) is 0 Å². The normalized spacial score (nSPS) is 14.7. The summed E-state index contributed by atoms with van der Waals surface area (Å²) in [6.45, 7) is 2.72. The summed E-state index contributed by atoms with van der Waals surface area (Å²) in [7, 11) is 0. The Morgan fingerprint density at radius 1 is 1.17 bits per heavy atom. The standard InChI is InChI=1S/C16H14ClN5S/c17-16-20-8-13(23-16)10-22-6-3-14-12(9-22)7-19-15(21-14)11-1-4-18-5-2-11/h1-2,4-5,7-8H,3,6,9-10H2. The Labute approximate surface area is 143 Å². The predicted octanol–water partition coefficient (Wildman–Crippen LogP) is 3.21. The fourth-order valence-electron chi connectivity index (χ4n) is 2.73.